The second-order valence-electron chi connectivity index (χ2n) is 37.2. The first-order valence-electron chi connectivity index (χ1n) is 47.2. The molecule has 0 spiro atoms. The van der Waals surface area contributed by atoms with E-state index in [0.29, 0.717) is 173 Å². The number of amides is 4. The second kappa shape index (κ2) is 45.5. The Morgan fingerprint density at radius 3 is 2.23 bits per heavy atom. The Hall–Kier alpha value is -11.7. The maximum atomic E-state index is 14.9. The van der Waals surface area contributed by atoms with Gasteiger partial charge in [-0.1, -0.05) is 82.4 Å². The van der Waals surface area contributed by atoms with E-state index < -0.39 is 126 Å². The maximum absolute atomic E-state index is 14.9. The first kappa shape index (κ1) is 100. The number of nitrogens with zero attached hydrogens (tertiary/aromatic N) is 15. The zero-order valence-electron chi connectivity index (χ0n) is 78.8. The molecule has 14 rings (SSSR count). The zero-order chi connectivity index (χ0) is 96.8. The summed E-state index contributed by atoms with van der Waals surface area (Å²) in [7, 11) is 4.55. The van der Waals surface area contributed by atoms with Crippen molar-refractivity contribution in [2.24, 2.45) is 35.3 Å². The van der Waals surface area contributed by atoms with Gasteiger partial charge in [0.05, 0.1) is 68.1 Å². The summed E-state index contributed by atoms with van der Waals surface area (Å²) >= 11 is 0. The number of piperidine rings is 1. The molecule has 4 saturated heterocycles. The lowest BCUT2D eigenvalue weighted by atomic mass is 9.80. The van der Waals surface area contributed by atoms with Gasteiger partial charge in [-0.15, -0.1) is 0 Å². The van der Waals surface area contributed by atoms with Gasteiger partial charge in [-0.25, -0.2) is 49.0 Å². The number of methoxy groups -OCH3 is 3. The van der Waals surface area contributed by atoms with Gasteiger partial charge in [-0.2, -0.15) is 10.1 Å². The molecule has 2 bridgehead atoms. The number of aliphatic hydroxyl groups excluding tert-OH is 2. The number of carbonyl (C=O) groups is 8. The summed E-state index contributed by atoms with van der Waals surface area (Å²) in [6.45, 7) is 16.0. The van der Waals surface area contributed by atoms with E-state index in [1.165, 1.54) is 37.8 Å². The van der Waals surface area contributed by atoms with Crippen LogP contribution >= 0.6 is 0 Å². The largest absolute Gasteiger partial charge is 0.480 e. The van der Waals surface area contributed by atoms with Crippen molar-refractivity contribution in [3.05, 3.63) is 143 Å². The van der Waals surface area contributed by atoms with Crippen LogP contribution in [0.15, 0.2) is 120 Å². The molecule has 4 amide bonds. The number of esters is 1. The molecule has 1 aliphatic carbocycles. The van der Waals surface area contributed by atoms with Crippen LogP contribution in [0.3, 0.4) is 0 Å². The van der Waals surface area contributed by atoms with Crippen LogP contribution in [0.5, 0.6) is 0 Å². The van der Waals surface area contributed by atoms with Gasteiger partial charge in [0.15, 0.2) is 17.0 Å². The van der Waals surface area contributed by atoms with Crippen molar-refractivity contribution >= 4 is 93.2 Å². The van der Waals surface area contributed by atoms with Crippen LogP contribution in [-0.4, -0.2) is 305 Å². The maximum Gasteiger partial charge on any atom is 0.407 e. The van der Waals surface area contributed by atoms with Crippen molar-refractivity contribution in [1.29, 1.82) is 0 Å². The highest BCUT2D eigenvalue weighted by molar-refractivity contribution is 6.39. The van der Waals surface area contributed by atoms with Crippen LogP contribution in [0.1, 0.15) is 158 Å². The lowest BCUT2D eigenvalue weighted by Crippen LogP contribution is -2.61. The lowest BCUT2D eigenvalue weighted by Gasteiger charge is -2.43. The molecule has 11 N–H and O–H groups in total. The van der Waals surface area contributed by atoms with E-state index in [-0.39, 0.29) is 107 Å². The molecule has 136 heavy (non-hydrogen) atoms. The molecule has 1 saturated carbocycles. The number of benzene rings is 2. The number of hydrogen-bond donors (Lipinski definition) is 8. The van der Waals surface area contributed by atoms with E-state index in [0.717, 1.165) is 32.7 Å². The highest BCUT2D eigenvalue weighted by atomic mass is 16.6. The quantitative estimate of drug-likeness (QED) is 0.0148. The Morgan fingerprint density at radius 2 is 1.48 bits per heavy atom. The van der Waals surface area contributed by atoms with Gasteiger partial charge in [0.1, 0.15) is 59.9 Å². The number of carbonyl (C=O) groups excluding carboxylic acids is 7. The van der Waals surface area contributed by atoms with Crippen molar-refractivity contribution in [1.82, 2.24) is 69.6 Å². The van der Waals surface area contributed by atoms with Gasteiger partial charge in [0.25, 0.3) is 23.6 Å². The first-order valence-corrected chi connectivity index (χ1v) is 47.2. The van der Waals surface area contributed by atoms with Crippen LogP contribution in [0.4, 0.5) is 28.5 Å². The van der Waals surface area contributed by atoms with Gasteiger partial charge in [0.2, 0.25) is 23.6 Å². The number of oxazole rings is 1. The number of ether oxygens (including phenoxy) is 7. The highest BCUT2D eigenvalue weighted by Crippen LogP contribution is 2.40. The molecule has 11 heterocycles. The lowest BCUT2D eigenvalue weighted by molar-refractivity contribution is -0.265. The molecule has 7 aliphatic rings. The molecule has 7 aromatic rings. The zero-order valence-corrected chi connectivity index (χ0v) is 78.8. The number of alkyl carbamates (subject to hydrolysis) is 1. The number of Topliss-reactive ketones (excluding diaryl/α,β-unsaturated/α-hetero) is 2. The number of nitrogens with two attached hydrogens (primary N) is 3. The number of aliphatic hydroxyl groups is 3. The predicted octanol–water partition coefficient (Wildman–Crippen LogP) is 6.87. The standard InChI is InChI=1S/C97H129N19O20/c1-56-15-11-10-12-16-57(2)76(129-7)45-69-23-18-61(6)97(128,136-69)86(121)90(123)115-28-14-13-17-72(115)92(126)133-78(46-77(130-8)58(3)40-60(5)84(119)85(120)83(118)59(4)39-56)70(98)42-62-20-24-75(79(43-62)131-9)135-96(127)105-49-64-47-101-95(102-48-64)113-34-35-114(73(54-113)91(124)125)80(117)27-37-132-38-36-110-30-32-111(33-31-110)94-103-50-68(51-104-94)89(122)112-29-26-65-41-63(19-21-67(65)53-112)52-116-88-81(87(99)106-55-107-88)82(109-116)66-22-25-74-71(44-66)108-93(100)134-74/h10-12,15-16,19,21-22,25,40-41,44,47-48,50-51,55-56,58-59,61-62,69-70,72-73,75-79,84-85,119-120,128H,13-14,17-18,20,23-24,26-39,42-43,45-46,49,52-54,98H2,1-9H3,(H2,100,108)(H,105,127)(H,124,125)(H2,99,106,107)/b12-10?,15-11+,57-16?,60-40+/t56-,58-,59-,61-,62+,69+,70-,72+,73-,75-,76+,77-,78+,79-,84-,85+,97-/m1/s1. The fourth-order valence-corrected chi connectivity index (χ4v) is 19.7. The molecular formula is C97H129N19O20. The monoisotopic (exact) mass is 1880 g/mol. The van der Waals surface area contributed by atoms with Gasteiger partial charge in [-0.3, -0.25) is 28.9 Å². The summed E-state index contributed by atoms with van der Waals surface area (Å²) in [6.07, 6.45) is 15.3. The van der Waals surface area contributed by atoms with E-state index >= 15 is 0 Å². The Labute approximate surface area is 789 Å². The number of nitrogens with one attached hydrogen (secondary N) is 1. The summed E-state index contributed by atoms with van der Waals surface area (Å²) in [5.74, 6) is -8.87. The number of nitrogen functional groups attached to an aromatic ring is 2. The average Bonchev–Trinajstić information content (AvgIpc) is 1.68. The molecule has 5 aromatic heterocycles. The molecule has 2 aromatic carbocycles. The fraction of sp³-hybridized carbons (Fsp3) is 0.567. The number of fused-ring (bicyclic) bond motifs is 6. The van der Waals surface area contributed by atoms with Gasteiger partial charge >= 0.3 is 18.0 Å². The number of hydrogen-bond acceptors (Lipinski definition) is 33. The number of aliphatic carboxylic acids is 1. The molecule has 0 unspecified atom stereocenters. The van der Waals surface area contributed by atoms with E-state index in [9.17, 15) is 58.8 Å². The van der Waals surface area contributed by atoms with E-state index in [4.69, 9.17) is 59.9 Å². The Kier molecular flexibility index (Phi) is 33.6. The third-order valence-corrected chi connectivity index (χ3v) is 27.8. The van der Waals surface area contributed by atoms with Crippen LogP contribution in [0, 0.1) is 29.6 Å². The van der Waals surface area contributed by atoms with E-state index in [1.807, 2.05) is 78.9 Å². The Balaban J connectivity index is 0.513. The normalized spacial score (nSPS) is 27.9. The molecule has 6 aliphatic heterocycles. The predicted molar refractivity (Wildman–Crippen MR) is 501 cm³/mol. The fourth-order valence-electron chi connectivity index (χ4n) is 19.7. The number of allylic oxidation sites excluding steroid dienone is 5. The van der Waals surface area contributed by atoms with Gasteiger partial charge in [0, 0.05) is 166 Å². The molecule has 0 radical (unpaired) electrons. The van der Waals surface area contributed by atoms with Crippen molar-refractivity contribution in [3.8, 4) is 11.3 Å². The molecule has 5 fully saturated rings. The molecular weight excluding hydrogens is 1750 g/mol. The van der Waals surface area contributed by atoms with E-state index in [1.54, 1.807) is 57.3 Å². The third kappa shape index (κ3) is 24.1. The number of aromatic nitrogens is 9. The SMILES string of the molecule is CO[C@H]1C[C@@H]2CC[C@@H](C)[C@@](O)(O2)C(=O)C(=O)N2CCCC[C@H]2C(=O)O[C@H]([C@H](N)C[C@@H]2CC[C@@H](OC(=O)NCc3cnc(N4CCN(C(=O)CCOCCN5CCN(c6ncc(C(=O)N7CCc8cc(Cn9nc(-c%10ccc%11oc(N)nc%11c%10)c%10c(N)ncnc%109)ccc8C7)cn6)CC5)[C@@H](C(=O)O)C4)nc3)[C@H](OC)C2)C[C@@H](OC)[C@H](C)/C=C(\C)[C@@H](O)[C@@H](O)C(=O)[C@H](C)C[C@H](C)/C=C/C=CC=C1C. The molecule has 17 atom stereocenters. The number of cyclic esters (lactones) is 1. The Morgan fingerprint density at radius 1 is 0.728 bits per heavy atom. The number of piperazine rings is 2. The number of anilines is 4. The van der Waals surface area contributed by atoms with Crippen LogP contribution in [0.2, 0.25) is 0 Å². The molecule has 39 heteroatoms. The second-order valence-corrected chi connectivity index (χ2v) is 37.2. The minimum absolute atomic E-state index is 0.00260. The summed E-state index contributed by atoms with van der Waals surface area (Å²) in [5, 5.41) is 53.8. The smallest absolute Gasteiger partial charge is 0.407 e. The highest BCUT2D eigenvalue weighted by Gasteiger charge is 2.54. The van der Waals surface area contributed by atoms with Crippen molar-refractivity contribution in [2.75, 3.05) is 121 Å². The van der Waals surface area contributed by atoms with Crippen molar-refractivity contribution < 1.29 is 96.4 Å². The number of carboxylic acid groups (broad SMARTS) is 1. The van der Waals surface area contributed by atoms with Gasteiger partial charge < -0.3 is 105 Å². The first-order chi connectivity index (χ1) is 65.3. The summed E-state index contributed by atoms with van der Waals surface area (Å²) in [5.41, 5.74) is 27.8. The van der Waals surface area contributed by atoms with Crippen LogP contribution < -0.4 is 32.3 Å². The molecule has 732 valence electrons. The summed E-state index contributed by atoms with van der Waals surface area (Å²) in [4.78, 5) is 153. The number of ketones is 2. The average molecular weight is 1880 g/mol. The summed E-state index contributed by atoms with van der Waals surface area (Å²) < 4.78 is 49.8. The summed E-state index contributed by atoms with van der Waals surface area (Å²) in [6, 6.07) is 8.51. The van der Waals surface area contributed by atoms with Crippen LogP contribution in [0.25, 0.3) is 33.4 Å². The van der Waals surface area contributed by atoms with Crippen molar-refractivity contribution in [2.45, 2.75) is 224 Å². The van der Waals surface area contributed by atoms with E-state index in [2.05, 4.69) is 62.1 Å². The molecule has 39 nitrogen and oxygen atoms in total. The van der Waals surface area contributed by atoms with Gasteiger partial charge in [-0.05, 0) is 142 Å². The topological polar surface area (TPSA) is 513 Å². The van der Waals surface area contributed by atoms with Crippen molar-refractivity contribution in [3.63, 3.8) is 0 Å². The minimum Gasteiger partial charge on any atom is -0.480 e. The Bertz CT molecular complexity index is 5510. The number of rotatable bonds is 22. The third-order valence-electron chi connectivity index (χ3n) is 27.8. The number of carboxylic acids is 1. The van der Waals surface area contributed by atoms with Crippen LogP contribution in [-0.2, 0) is 88.0 Å². The minimum atomic E-state index is -2.51.